The van der Waals surface area contributed by atoms with E-state index < -0.39 is 0 Å². The number of H-pyrrole nitrogens is 1. The summed E-state index contributed by atoms with van der Waals surface area (Å²) in [6.07, 6.45) is 3.41. The zero-order valence-electron chi connectivity index (χ0n) is 13.3. The number of aromatic nitrogens is 4. The molecule has 0 atom stereocenters. The highest BCUT2D eigenvalue weighted by Crippen LogP contribution is 2.19. The van der Waals surface area contributed by atoms with Crippen LogP contribution >= 0.6 is 0 Å². The van der Waals surface area contributed by atoms with Crippen molar-refractivity contribution < 1.29 is 4.79 Å². The van der Waals surface area contributed by atoms with Gasteiger partial charge >= 0.3 is 0 Å². The standard InChI is InChI=1S/C18H16N6O/c19-13-6-7-15-16(8-13)22-23-17(15)18(25)21-14-9-20-24(11-14)10-12-4-2-1-3-5-12/h1-9,11H,10,19H2,(H,21,25)(H,22,23). The van der Waals surface area contributed by atoms with E-state index in [0.717, 1.165) is 16.5 Å². The topological polar surface area (TPSA) is 102 Å². The van der Waals surface area contributed by atoms with Gasteiger partial charge in [0.2, 0.25) is 0 Å². The van der Waals surface area contributed by atoms with Gasteiger partial charge in [-0.3, -0.25) is 14.6 Å². The Hall–Kier alpha value is -3.61. The number of fused-ring (bicyclic) bond motifs is 1. The van der Waals surface area contributed by atoms with Gasteiger partial charge in [-0.15, -0.1) is 0 Å². The van der Waals surface area contributed by atoms with Crippen molar-refractivity contribution in [3.8, 4) is 0 Å². The van der Waals surface area contributed by atoms with Crippen LogP contribution in [0.2, 0.25) is 0 Å². The van der Waals surface area contributed by atoms with Gasteiger partial charge in [0.1, 0.15) is 0 Å². The van der Waals surface area contributed by atoms with Crippen molar-refractivity contribution >= 4 is 28.2 Å². The molecule has 0 aliphatic rings. The third kappa shape index (κ3) is 3.07. The first kappa shape index (κ1) is 14.9. The highest BCUT2D eigenvalue weighted by Gasteiger charge is 2.15. The molecule has 124 valence electrons. The minimum absolute atomic E-state index is 0.296. The smallest absolute Gasteiger partial charge is 0.276 e. The number of hydrogen-bond acceptors (Lipinski definition) is 4. The maximum Gasteiger partial charge on any atom is 0.276 e. The summed E-state index contributed by atoms with van der Waals surface area (Å²) in [6.45, 7) is 0.640. The highest BCUT2D eigenvalue weighted by molar-refractivity contribution is 6.11. The lowest BCUT2D eigenvalue weighted by Gasteiger charge is -2.02. The molecule has 0 aliphatic heterocycles. The minimum Gasteiger partial charge on any atom is -0.399 e. The highest BCUT2D eigenvalue weighted by atomic mass is 16.2. The number of anilines is 2. The number of aromatic amines is 1. The number of hydrogen-bond donors (Lipinski definition) is 3. The Morgan fingerprint density at radius 1 is 1.20 bits per heavy atom. The number of nitrogens with two attached hydrogens (primary N) is 1. The fourth-order valence-corrected chi connectivity index (χ4v) is 2.69. The maximum atomic E-state index is 12.5. The second-order valence-electron chi connectivity index (χ2n) is 5.74. The van der Waals surface area contributed by atoms with Crippen LogP contribution in [0.4, 0.5) is 11.4 Å². The Balaban J connectivity index is 1.51. The molecule has 0 saturated heterocycles. The van der Waals surface area contributed by atoms with Gasteiger partial charge in [-0.1, -0.05) is 30.3 Å². The third-order valence-electron chi connectivity index (χ3n) is 3.88. The molecule has 0 bridgehead atoms. The number of rotatable bonds is 4. The van der Waals surface area contributed by atoms with Gasteiger partial charge in [-0.05, 0) is 23.8 Å². The Morgan fingerprint density at radius 2 is 2.04 bits per heavy atom. The molecule has 25 heavy (non-hydrogen) atoms. The summed E-state index contributed by atoms with van der Waals surface area (Å²) in [5.41, 5.74) is 9.16. The Labute approximate surface area is 143 Å². The van der Waals surface area contributed by atoms with Crippen LogP contribution in [-0.2, 0) is 6.54 Å². The summed E-state index contributed by atoms with van der Waals surface area (Å²) in [7, 11) is 0. The molecule has 0 spiro atoms. The second-order valence-corrected chi connectivity index (χ2v) is 5.74. The van der Waals surface area contributed by atoms with Crippen molar-refractivity contribution in [2.24, 2.45) is 0 Å². The number of carbonyl (C=O) groups excluding carboxylic acids is 1. The van der Waals surface area contributed by atoms with Crippen LogP contribution in [0.3, 0.4) is 0 Å². The lowest BCUT2D eigenvalue weighted by Crippen LogP contribution is -2.12. The molecule has 0 unspecified atom stereocenters. The summed E-state index contributed by atoms with van der Waals surface area (Å²) in [5.74, 6) is -0.296. The number of benzene rings is 2. The van der Waals surface area contributed by atoms with Crippen LogP contribution in [0.25, 0.3) is 10.9 Å². The van der Waals surface area contributed by atoms with Gasteiger partial charge in [0.15, 0.2) is 5.69 Å². The molecule has 4 rings (SSSR count). The van der Waals surface area contributed by atoms with Crippen molar-refractivity contribution in [2.75, 3.05) is 11.1 Å². The monoisotopic (exact) mass is 332 g/mol. The van der Waals surface area contributed by atoms with E-state index in [1.54, 1.807) is 35.3 Å². The van der Waals surface area contributed by atoms with E-state index in [1.165, 1.54) is 0 Å². The summed E-state index contributed by atoms with van der Waals surface area (Å²) in [6, 6.07) is 15.3. The molecule has 0 aliphatic carbocycles. The van der Waals surface area contributed by atoms with E-state index in [0.29, 0.717) is 23.6 Å². The normalized spacial score (nSPS) is 10.9. The first-order valence-electron chi connectivity index (χ1n) is 7.80. The number of nitrogens with one attached hydrogen (secondary N) is 2. The fraction of sp³-hybridized carbons (Fsp3) is 0.0556. The van der Waals surface area contributed by atoms with E-state index in [-0.39, 0.29) is 5.91 Å². The average Bonchev–Trinajstić information content (AvgIpc) is 3.22. The van der Waals surface area contributed by atoms with Crippen LogP contribution in [-0.4, -0.2) is 25.9 Å². The lowest BCUT2D eigenvalue weighted by molar-refractivity contribution is 0.102. The molecule has 7 nitrogen and oxygen atoms in total. The maximum absolute atomic E-state index is 12.5. The number of amides is 1. The zero-order chi connectivity index (χ0) is 17.2. The Morgan fingerprint density at radius 3 is 2.88 bits per heavy atom. The molecule has 0 fully saturated rings. The van der Waals surface area contributed by atoms with Gasteiger partial charge in [0, 0.05) is 17.3 Å². The summed E-state index contributed by atoms with van der Waals surface area (Å²) >= 11 is 0. The average molecular weight is 332 g/mol. The molecule has 2 aromatic heterocycles. The van der Waals surface area contributed by atoms with Gasteiger partial charge < -0.3 is 11.1 Å². The second kappa shape index (κ2) is 6.12. The molecule has 4 aromatic rings. The molecular weight excluding hydrogens is 316 g/mol. The van der Waals surface area contributed by atoms with Crippen LogP contribution < -0.4 is 11.1 Å². The van der Waals surface area contributed by atoms with Crippen molar-refractivity contribution in [1.82, 2.24) is 20.0 Å². The fourth-order valence-electron chi connectivity index (χ4n) is 2.69. The first-order chi connectivity index (χ1) is 12.2. The quantitative estimate of drug-likeness (QED) is 0.500. The molecular formula is C18H16N6O. The molecule has 0 radical (unpaired) electrons. The van der Waals surface area contributed by atoms with Gasteiger partial charge in [0.25, 0.3) is 5.91 Å². The van der Waals surface area contributed by atoms with E-state index in [9.17, 15) is 4.79 Å². The molecule has 0 saturated carbocycles. The number of nitrogen functional groups attached to an aromatic ring is 1. The summed E-state index contributed by atoms with van der Waals surface area (Å²) in [4.78, 5) is 12.5. The van der Waals surface area contributed by atoms with Crippen LogP contribution in [0.15, 0.2) is 60.9 Å². The van der Waals surface area contributed by atoms with Crippen molar-refractivity contribution in [3.05, 3.63) is 72.2 Å². The van der Waals surface area contributed by atoms with Crippen LogP contribution in [0.5, 0.6) is 0 Å². The predicted octanol–water partition coefficient (Wildman–Crippen LogP) is 2.64. The van der Waals surface area contributed by atoms with Crippen molar-refractivity contribution in [2.45, 2.75) is 6.54 Å². The minimum atomic E-state index is -0.296. The van der Waals surface area contributed by atoms with Gasteiger partial charge in [0.05, 0.1) is 23.9 Å². The number of carbonyl (C=O) groups is 1. The van der Waals surface area contributed by atoms with E-state index in [2.05, 4.69) is 20.6 Å². The summed E-state index contributed by atoms with van der Waals surface area (Å²) < 4.78 is 1.77. The van der Waals surface area contributed by atoms with Crippen LogP contribution in [0.1, 0.15) is 16.1 Å². The van der Waals surface area contributed by atoms with Gasteiger partial charge in [-0.2, -0.15) is 10.2 Å². The van der Waals surface area contributed by atoms with Crippen molar-refractivity contribution in [1.29, 1.82) is 0 Å². The Kier molecular flexibility index (Phi) is 3.66. The third-order valence-corrected chi connectivity index (χ3v) is 3.88. The largest absolute Gasteiger partial charge is 0.399 e. The van der Waals surface area contributed by atoms with E-state index in [4.69, 9.17) is 5.73 Å². The van der Waals surface area contributed by atoms with E-state index >= 15 is 0 Å². The SMILES string of the molecule is Nc1ccc2c(C(=O)Nc3cnn(Cc4ccccc4)c3)n[nH]c2c1. The van der Waals surface area contributed by atoms with Gasteiger partial charge in [-0.25, -0.2) is 0 Å². The molecule has 2 heterocycles. The zero-order valence-corrected chi connectivity index (χ0v) is 13.3. The lowest BCUT2D eigenvalue weighted by atomic mass is 10.2. The number of nitrogens with zero attached hydrogens (tertiary/aromatic N) is 3. The molecule has 2 aromatic carbocycles. The molecule has 1 amide bonds. The summed E-state index contributed by atoms with van der Waals surface area (Å²) in [5, 5.41) is 14.7. The van der Waals surface area contributed by atoms with Crippen molar-refractivity contribution in [3.63, 3.8) is 0 Å². The Bertz CT molecular complexity index is 1030. The predicted molar refractivity (Wildman–Crippen MR) is 96.2 cm³/mol. The first-order valence-corrected chi connectivity index (χ1v) is 7.80. The van der Waals surface area contributed by atoms with Crippen LogP contribution in [0, 0.1) is 0 Å². The molecule has 4 N–H and O–H groups in total. The van der Waals surface area contributed by atoms with E-state index in [1.807, 2.05) is 30.3 Å². The molecule has 7 heteroatoms.